The van der Waals surface area contributed by atoms with E-state index in [1.807, 2.05) is 27.7 Å². The highest BCUT2D eigenvalue weighted by Crippen LogP contribution is 1.92. The zero-order valence-electron chi connectivity index (χ0n) is 11.0. The van der Waals surface area contributed by atoms with Crippen molar-refractivity contribution in [1.29, 1.82) is 0 Å². The number of nitrogens with zero attached hydrogens (tertiary/aromatic N) is 2. The van der Waals surface area contributed by atoms with Crippen LogP contribution >= 0.6 is 0 Å². The zero-order chi connectivity index (χ0) is 12.2. The number of hydrogen-bond acceptors (Lipinski definition) is 4. The third-order valence-corrected chi connectivity index (χ3v) is 1.90. The molecule has 0 amide bonds. The van der Waals surface area contributed by atoms with Crippen LogP contribution in [0.25, 0.3) is 0 Å². The van der Waals surface area contributed by atoms with E-state index >= 15 is 0 Å². The van der Waals surface area contributed by atoms with Crippen molar-refractivity contribution < 1.29 is 9.47 Å². The molecular formula is C12H24N2O2. The molecule has 0 saturated heterocycles. The van der Waals surface area contributed by atoms with E-state index in [2.05, 4.69) is 9.98 Å². The summed E-state index contributed by atoms with van der Waals surface area (Å²) in [4.78, 5) is 8.66. The summed E-state index contributed by atoms with van der Waals surface area (Å²) in [5, 5.41) is 0. The summed E-state index contributed by atoms with van der Waals surface area (Å²) in [6.07, 6.45) is 1.67. The van der Waals surface area contributed by atoms with Gasteiger partial charge in [0.15, 0.2) is 11.8 Å². The number of rotatable bonds is 7. The molecule has 0 N–H and O–H groups in total. The van der Waals surface area contributed by atoms with Crippen molar-refractivity contribution in [2.75, 3.05) is 26.3 Å². The van der Waals surface area contributed by atoms with Crippen molar-refractivity contribution in [1.82, 2.24) is 0 Å². The highest BCUT2D eigenvalue weighted by Gasteiger charge is 1.96. The molecule has 0 aromatic rings. The van der Waals surface area contributed by atoms with Crippen molar-refractivity contribution in [2.45, 2.75) is 40.5 Å². The molecule has 16 heavy (non-hydrogen) atoms. The molecule has 4 nitrogen and oxygen atoms in total. The summed E-state index contributed by atoms with van der Waals surface area (Å²) in [5.41, 5.74) is 0. The molecule has 0 aliphatic rings. The Morgan fingerprint density at radius 1 is 0.750 bits per heavy atom. The zero-order valence-corrected chi connectivity index (χ0v) is 11.0. The standard InChI is InChI=1S/C12H24N2O2/c1-5-11(15-7-3)13-9-10-14-12(6-2)16-8-4/h5-10H2,1-4H3. The van der Waals surface area contributed by atoms with Crippen molar-refractivity contribution in [3.8, 4) is 0 Å². The molecule has 0 spiro atoms. The average Bonchev–Trinajstić information content (AvgIpc) is 2.31. The van der Waals surface area contributed by atoms with Gasteiger partial charge in [-0.15, -0.1) is 0 Å². The summed E-state index contributed by atoms with van der Waals surface area (Å²) in [7, 11) is 0. The maximum atomic E-state index is 5.34. The smallest absolute Gasteiger partial charge is 0.182 e. The molecule has 0 bridgehead atoms. The summed E-state index contributed by atoms with van der Waals surface area (Å²) in [6.45, 7) is 10.7. The second-order valence-corrected chi connectivity index (χ2v) is 3.12. The quantitative estimate of drug-likeness (QED) is 0.382. The molecule has 94 valence electrons. The van der Waals surface area contributed by atoms with Gasteiger partial charge in [0.25, 0.3) is 0 Å². The number of ether oxygens (including phenoxy) is 2. The molecule has 0 aromatic heterocycles. The Kier molecular flexibility index (Phi) is 9.76. The van der Waals surface area contributed by atoms with E-state index in [0.717, 1.165) is 24.6 Å². The van der Waals surface area contributed by atoms with E-state index in [1.165, 1.54) is 0 Å². The molecule has 0 heterocycles. The van der Waals surface area contributed by atoms with Gasteiger partial charge in [0, 0.05) is 12.8 Å². The monoisotopic (exact) mass is 228 g/mol. The van der Waals surface area contributed by atoms with E-state index in [-0.39, 0.29) is 0 Å². The van der Waals surface area contributed by atoms with E-state index < -0.39 is 0 Å². The Hall–Kier alpha value is -1.06. The van der Waals surface area contributed by atoms with Crippen LogP contribution in [0.3, 0.4) is 0 Å². The second kappa shape index (κ2) is 10.5. The highest BCUT2D eigenvalue weighted by molar-refractivity contribution is 5.76. The van der Waals surface area contributed by atoms with Crippen LogP contribution in [-0.2, 0) is 9.47 Å². The van der Waals surface area contributed by atoms with E-state index in [4.69, 9.17) is 9.47 Å². The van der Waals surface area contributed by atoms with Crippen LogP contribution in [0.15, 0.2) is 9.98 Å². The van der Waals surface area contributed by atoms with Gasteiger partial charge in [0.1, 0.15) is 0 Å². The van der Waals surface area contributed by atoms with Gasteiger partial charge in [-0.3, -0.25) is 9.98 Å². The minimum Gasteiger partial charge on any atom is -0.481 e. The lowest BCUT2D eigenvalue weighted by molar-refractivity contribution is 0.315. The van der Waals surface area contributed by atoms with Gasteiger partial charge in [-0.1, -0.05) is 13.8 Å². The molecule has 0 aliphatic heterocycles. The molecule has 0 rings (SSSR count). The Balaban J connectivity index is 3.94. The van der Waals surface area contributed by atoms with E-state index in [1.54, 1.807) is 0 Å². The summed E-state index contributed by atoms with van der Waals surface area (Å²) in [5.74, 6) is 1.62. The summed E-state index contributed by atoms with van der Waals surface area (Å²) < 4.78 is 10.7. The fourth-order valence-electron chi connectivity index (χ4n) is 1.20. The SMILES string of the molecule is CCOC(CC)=NCCN=C(CC)OCC. The Labute approximate surface area is 98.8 Å². The lowest BCUT2D eigenvalue weighted by Gasteiger charge is -2.05. The predicted octanol–water partition coefficient (Wildman–Crippen LogP) is 2.68. The van der Waals surface area contributed by atoms with Crippen LogP contribution in [0.2, 0.25) is 0 Å². The largest absolute Gasteiger partial charge is 0.481 e. The Morgan fingerprint density at radius 3 is 1.38 bits per heavy atom. The molecule has 0 radical (unpaired) electrons. The lowest BCUT2D eigenvalue weighted by atomic mass is 10.4. The first-order valence-electron chi connectivity index (χ1n) is 6.10. The molecule has 0 fully saturated rings. The number of aliphatic imine (C=N–C) groups is 2. The van der Waals surface area contributed by atoms with Crippen LogP contribution in [-0.4, -0.2) is 38.1 Å². The van der Waals surface area contributed by atoms with Crippen LogP contribution in [0.5, 0.6) is 0 Å². The van der Waals surface area contributed by atoms with Gasteiger partial charge in [0.2, 0.25) is 0 Å². The highest BCUT2D eigenvalue weighted by atomic mass is 16.5. The molecule has 0 saturated carbocycles. The molecule has 4 heteroatoms. The average molecular weight is 228 g/mol. The maximum absolute atomic E-state index is 5.34. The number of hydrogen-bond donors (Lipinski definition) is 0. The minimum absolute atomic E-state index is 0.666. The molecule has 0 aliphatic carbocycles. The van der Waals surface area contributed by atoms with Crippen LogP contribution < -0.4 is 0 Å². The third kappa shape index (κ3) is 7.26. The van der Waals surface area contributed by atoms with E-state index in [0.29, 0.717) is 26.3 Å². The minimum atomic E-state index is 0.666. The van der Waals surface area contributed by atoms with Gasteiger partial charge >= 0.3 is 0 Å². The van der Waals surface area contributed by atoms with Crippen LogP contribution in [0.1, 0.15) is 40.5 Å². The maximum Gasteiger partial charge on any atom is 0.182 e. The van der Waals surface area contributed by atoms with Crippen molar-refractivity contribution in [3.63, 3.8) is 0 Å². The molecule has 0 unspecified atom stereocenters. The van der Waals surface area contributed by atoms with Crippen molar-refractivity contribution in [2.24, 2.45) is 9.98 Å². The summed E-state index contributed by atoms with van der Waals surface area (Å²) in [6, 6.07) is 0. The first-order chi connectivity index (χ1) is 7.78. The van der Waals surface area contributed by atoms with Crippen molar-refractivity contribution >= 4 is 11.8 Å². The predicted molar refractivity (Wildman–Crippen MR) is 68.4 cm³/mol. The fourth-order valence-corrected chi connectivity index (χ4v) is 1.20. The van der Waals surface area contributed by atoms with Crippen molar-refractivity contribution in [3.05, 3.63) is 0 Å². The third-order valence-electron chi connectivity index (χ3n) is 1.90. The molecule has 0 atom stereocenters. The van der Waals surface area contributed by atoms with E-state index in [9.17, 15) is 0 Å². The van der Waals surface area contributed by atoms with Gasteiger partial charge in [-0.05, 0) is 13.8 Å². The first kappa shape index (κ1) is 14.9. The Morgan fingerprint density at radius 2 is 1.12 bits per heavy atom. The van der Waals surface area contributed by atoms with Gasteiger partial charge in [-0.2, -0.15) is 0 Å². The molecule has 0 aromatic carbocycles. The lowest BCUT2D eigenvalue weighted by Crippen LogP contribution is -2.07. The Bertz CT molecular complexity index is 201. The molecular weight excluding hydrogens is 204 g/mol. The van der Waals surface area contributed by atoms with Gasteiger partial charge < -0.3 is 9.47 Å². The first-order valence-corrected chi connectivity index (χ1v) is 6.10. The summed E-state index contributed by atoms with van der Waals surface area (Å²) >= 11 is 0. The van der Waals surface area contributed by atoms with Crippen LogP contribution in [0, 0.1) is 0 Å². The fraction of sp³-hybridized carbons (Fsp3) is 0.833. The normalized spacial score (nSPS) is 12.8. The van der Waals surface area contributed by atoms with Gasteiger partial charge in [0.05, 0.1) is 26.3 Å². The van der Waals surface area contributed by atoms with Gasteiger partial charge in [-0.25, -0.2) is 0 Å². The topological polar surface area (TPSA) is 43.2 Å². The second-order valence-electron chi connectivity index (χ2n) is 3.12. The van der Waals surface area contributed by atoms with Crippen LogP contribution in [0.4, 0.5) is 0 Å².